The lowest BCUT2D eigenvalue weighted by Gasteiger charge is -2.20. The van der Waals surface area contributed by atoms with E-state index in [1.54, 1.807) is 5.56 Å². The van der Waals surface area contributed by atoms with Gasteiger partial charge in [-0.1, -0.05) is 12.1 Å². The van der Waals surface area contributed by atoms with Crippen LogP contribution < -0.4 is 5.32 Å². The highest BCUT2D eigenvalue weighted by molar-refractivity contribution is 7.97. The zero-order valence-electron chi connectivity index (χ0n) is 7.97. The van der Waals surface area contributed by atoms with E-state index in [0.29, 0.717) is 0 Å². The van der Waals surface area contributed by atoms with Gasteiger partial charge in [-0.3, -0.25) is 0 Å². The van der Waals surface area contributed by atoms with Gasteiger partial charge in [-0.25, -0.2) is 0 Å². The topological polar surface area (TPSA) is 12.0 Å². The number of thioether (sulfide) groups is 1. The van der Waals surface area contributed by atoms with E-state index in [1.807, 2.05) is 11.8 Å². The molecule has 0 aromatic heterocycles. The van der Waals surface area contributed by atoms with E-state index in [2.05, 4.69) is 29.8 Å². The highest BCUT2D eigenvalue weighted by Gasteiger charge is 2.11. The van der Waals surface area contributed by atoms with Gasteiger partial charge in [0.2, 0.25) is 0 Å². The van der Waals surface area contributed by atoms with Gasteiger partial charge in [-0.2, -0.15) is 11.8 Å². The van der Waals surface area contributed by atoms with Crippen molar-refractivity contribution in [1.82, 2.24) is 0 Å². The zero-order valence-corrected chi connectivity index (χ0v) is 8.79. The van der Waals surface area contributed by atoms with Gasteiger partial charge < -0.3 is 5.32 Å². The summed E-state index contributed by atoms with van der Waals surface area (Å²) in [6.07, 6.45) is 4.69. The third kappa shape index (κ3) is 1.83. The van der Waals surface area contributed by atoms with Gasteiger partial charge in [0.05, 0.1) is 0 Å². The molecule has 0 aliphatic carbocycles. The first-order valence-electron chi connectivity index (χ1n) is 4.75. The Morgan fingerprint density at radius 2 is 2.38 bits per heavy atom. The maximum Gasteiger partial charge on any atom is 0.0375 e. The van der Waals surface area contributed by atoms with Crippen molar-refractivity contribution in [1.29, 1.82) is 0 Å². The average molecular weight is 193 g/mol. The van der Waals surface area contributed by atoms with Gasteiger partial charge in [0.25, 0.3) is 0 Å². The molecule has 0 saturated carbocycles. The summed E-state index contributed by atoms with van der Waals surface area (Å²) in [4.78, 5) is 0. The summed E-state index contributed by atoms with van der Waals surface area (Å²) >= 11 is 1.90. The fourth-order valence-electron chi connectivity index (χ4n) is 1.87. The number of anilines is 1. The Hall–Kier alpha value is -0.630. The summed E-state index contributed by atoms with van der Waals surface area (Å²) in [6, 6.07) is 6.60. The van der Waals surface area contributed by atoms with Crippen molar-refractivity contribution in [2.24, 2.45) is 0 Å². The molecule has 1 aliphatic rings. The summed E-state index contributed by atoms with van der Waals surface area (Å²) in [5.41, 5.74) is 4.41. The van der Waals surface area contributed by atoms with Crippen molar-refractivity contribution < 1.29 is 0 Å². The average Bonchev–Trinajstić information content (AvgIpc) is 2.19. The number of fused-ring (bicyclic) bond motifs is 1. The van der Waals surface area contributed by atoms with Crippen LogP contribution in [0, 0.1) is 0 Å². The van der Waals surface area contributed by atoms with Gasteiger partial charge in [-0.15, -0.1) is 0 Å². The third-order valence-corrected chi connectivity index (χ3v) is 3.09. The van der Waals surface area contributed by atoms with Crippen molar-refractivity contribution in [3.8, 4) is 0 Å². The van der Waals surface area contributed by atoms with Gasteiger partial charge in [-0.05, 0) is 36.3 Å². The van der Waals surface area contributed by atoms with Crippen LogP contribution in [0.15, 0.2) is 18.2 Å². The van der Waals surface area contributed by atoms with E-state index in [1.165, 1.54) is 24.1 Å². The lowest BCUT2D eigenvalue weighted by molar-refractivity contribution is 0.823. The molecule has 1 N–H and O–H groups in total. The molecule has 70 valence electrons. The Balaban J connectivity index is 2.34. The standard InChI is InChI=1S/C11H15NS/c1-13-8-9-4-2-6-11-10(9)5-3-7-12-11/h2,4,6,12H,3,5,7-8H2,1H3. The van der Waals surface area contributed by atoms with Crippen LogP contribution in [0.2, 0.25) is 0 Å². The Labute approximate surface area is 83.9 Å². The van der Waals surface area contributed by atoms with Crippen LogP contribution in [0.5, 0.6) is 0 Å². The smallest absolute Gasteiger partial charge is 0.0375 e. The fraction of sp³-hybridized carbons (Fsp3) is 0.455. The SMILES string of the molecule is CSCc1cccc2c1CCCN2. The first-order chi connectivity index (χ1) is 6.42. The zero-order chi connectivity index (χ0) is 9.10. The number of rotatable bonds is 2. The molecule has 0 bridgehead atoms. The van der Waals surface area contributed by atoms with Crippen LogP contribution in [0.25, 0.3) is 0 Å². The van der Waals surface area contributed by atoms with Gasteiger partial charge in [0.15, 0.2) is 0 Å². The Morgan fingerprint density at radius 3 is 3.23 bits per heavy atom. The maximum absolute atomic E-state index is 3.45. The molecule has 0 spiro atoms. The van der Waals surface area contributed by atoms with Crippen LogP contribution >= 0.6 is 11.8 Å². The predicted molar refractivity (Wildman–Crippen MR) is 60.5 cm³/mol. The summed E-state index contributed by atoms with van der Waals surface area (Å²) in [6.45, 7) is 1.13. The Kier molecular flexibility index (Phi) is 2.79. The molecular weight excluding hydrogens is 178 g/mol. The van der Waals surface area contributed by atoms with E-state index >= 15 is 0 Å². The molecule has 0 atom stereocenters. The molecule has 0 unspecified atom stereocenters. The minimum absolute atomic E-state index is 1.13. The quantitative estimate of drug-likeness (QED) is 0.775. The van der Waals surface area contributed by atoms with E-state index in [0.717, 1.165) is 12.3 Å². The predicted octanol–water partition coefficient (Wildman–Crippen LogP) is 2.91. The molecule has 0 saturated heterocycles. The van der Waals surface area contributed by atoms with Crippen LogP contribution in [0.4, 0.5) is 5.69 Å². The third-order valence-electron chi connectivity index (χ3n) is 2.49. The van der Waals surface area contributed by atoms with E-state index in [4.69, 9.17) is 0 Å². The number of nitrogens with one attached hydrogen (secondary N) is 1. The molecule has 1 heterocycles. The van der Waals surface area contributed by atoms with E-state index in [9.17, 15) is 0 Å². The molecule has 1 aliphatic heterocycles. The van der Waals surface area contributed by atoms with Gasteiger partial charge in [0, 0.05) is 18.0 Å². The van der Waals surface area contributed by atoms with Crippen molar-refractivity contribution in [2.75, 3.05) is 18.1 Å². The molecule has 2 rings (SSSR count). The van der Waals surface area contributed by atoms with Crippen molar-refractivity contribution in [3.05, 3.63) is 29.3 Å². The number of hydrogen-bond acceptors (Lipinski definition) is 2. The van der Waals surface area contributed by atoms with Gasteiger partial charge >= 0.3 is 0 Å². The summed E-state index contributed by atoms with van der Waals surface area (Å²) in [7, 11) is 0. The second-order valence-electron chi connectivity index (χ2n) is 3.41. The monoisotopic (exact) mass is 193 g/mol. The van der Waals surface area contributed by atoms with E-state index < -0.39 is 0 Å². The summed E-state index contributed by atoms with van der Waals surface area (Å²) in [5.74, 6) is 1.14. The van der Waals surface area contributed by atoms with Crippen molar-refractivity contribution in [3.63, 3.8) is 0 Å². The minimum atomic E-state index is 1.13. The van der Waals surface area contributed by atoms with Crippen LogP contribution in [0.3, 0.4) is 0 Å². The first kappa shape index (κ1) is 8.95. The van der Waals surface area contributed by atoms with Crippen LogP contribution in [0.1, 0.15) is 17.5 Å². The molecule has 1 aromatic rings. The molecule has 1 aromatic carbocycles. The summed E-state index contributed by atoms with van der Waals surface area (Å²) < 4.78 is 0. The van der Waals surface area contributed by atoms with Crippen molar-refractivity contribution in [2.45, 2.75) is 18.6 Å². The van der Waals surface area contributed by atoms with Crippen molar-refractivity contribution >= 4 is 17.4 Å². The summed E-state index contributed by atoms with van der Waals surface area (Å²) in [5, 5.41) is 3.45. The largest absolute Gasteiger partial charge is 0.385 e. The Bertz CT molecular complexity index is 296. The Morgan fingerprint density at radius 1 is 1.46 bits per heavy atom. The van der Waals surface area contributed by atoms with E-state index in [-0.39, 0.29) is 0 Å². The lowest BCUT2D eigenvalue weighted by atomic mass is 9.99. The lowest BCUT2D eigenvalue weighted by Crippen LogP contribution is -2.13. The van der Waals surface area contributed by atoms with Crippen LogP contribution in [-0.2, 0) is 12.2 Å². The molecule has 0 amide bonds. The second kappa shape index (κ2) is 4.05. The minimum Gasteiger partial charge on any atom is -0.385 e. The number of hydrogen-bond donors (Lipinski definition) is 1. The normalized spacial score (nSPS) is 14.8. The molecule has 1 nitrogen and oxygen atoms in total. The highest BCUT2D eigenvalue weighted by atomic mass is 32.2. The van der Waals surface area contributed by atoms with Crippen LogP contribution in [-0.4, -0.2) is 12.8 Å². The molecule has 13 heavy (non-hydrogen) atoms. The molecule has 2 heteroatoms. The fourth-order valence-corrected chi connectivity index (χ4v) is 2.46. The molecule has 0 radical (unpaired) electrons. The first-order valence-corrected chi connectivity index (χ1v) is 6.15. The maximum atomic E-state index is 3.45. The number of benzene rings is 1. The molecular formula is C11H15NS. The molecule has 0 fully saturated rings. The second-order valence-corrected chi connectivity index (χ2v) is 4.27. The van der Waals surface area contributed by atoms with Gasteiger partial charge in [0.1, 0.15) is 0 Å². The highest BCUT2D eigenvalue weighted by Crippen LogP contribution is 2.27.